The summed E-state index contributed by atoms with van der Waals surface area (Å²) < 4.78 is 26.8. The first kappa shape index (κ1) is 11.4. The third-order valence-corrected chi connectivity index (χ3v) is 4.79. The van der Waals surface area contributed by atoms with Crippen LogP contribution in [0, 0.1) is 6.92 Å². The number of hydrogen-bond acceptors (Lipinski definition) is 2. The fourth-order valence-electron chi connectivity index (χ4n) is 2.39. The molecule has 0 aliphatic carbocycles. The molecule has 1 N–H and O–H groups in total. The fraction of sp³-hybridized carbons (Fsp3) is 0.143. The molecule has 0 aromatic heterocycles. The average Bonchev–Trinajstić information content (AvgIpc) is 2.63. The Labute approximate surface area is 107 Å². The van der Waals surface area contributed by atoms with E-state index >= 15 is 0 Å². The normalized spacial score (nSPS) is 20.6. The molecule has 1 atom stereocenters. The van der Waals surface area contributed by atoms with Gasteiger partial charge in [-0.3, -0.25) is 0 Å². The molecule has 18 heavy (non-hydrogen) atoms. The third kappa shape index (κ3) is 1.65. The van der Waals surface area contributed by atoms with Crippen LogP contribution in [0.25, 0.3) is 0 Å². The lowest BCUT2D eigenvalue weighted by atomic mass is 9.96. The van der Waals surface area contributed by atoms with Crippen LogP contribution in [0.1, 0.15) is 22.7 Å². The van der Waals surface area contributed by atoms with Crippen LogP contribution < -0.4 is 4.72 Å². The first-order chi connectivity index (χ1) is 8.59. The van der Waals surface area contributed by atoms with Gasteiger partial charge in [0.05, 0.1) is 10.9 Å². The Morgan fingerprint density at radius 1 is 0.944 bits per heavy atom. The van der Waals surface area contributed by atoms with E-state index in [-0.39, 0.29) is 6.04 Å². The lowest BCUT2D eigenvalue weighted by molar-refractivity contribution is 0.585. The van der Waals surface area contributed by atoms with Crippen LogP contribution in [0.3, 0.4) is 0 Å². The van der Waals surface area contributed by atoms with Crippen molar-refractivity contribution in [3.05, 3.63) is 65.2 Å². The van der Waals surface area contributed by atoms with Gasteiger partial charge in [-0.05, 0) is 29.7 Å². The van der Waals surface area contributed by atoms with Crippen molar-refractivity contribution in [3.8, 4) is 0 Å². The van der Waals surface area contributed by atoms with Crippen LogP contribution in [0.2, 0.25) is 0 Å². The summed E-state index contributed by atoms with van der Waals surface area (Å²) in [5.74, 6) is 0. The standard InChI is InChI=1S/C14H13NO2S/c1-10-6-2-3-7-11(10)14-12-8-4-5-9-13(12)18(16,17)15-14/h2-9,14-15H,1H3. The summed E-state index contributed by atoms with van der Waals surface area (Å²) in [6, 6.07) is 14.7. The Bertz CT molecular complexity index is 707. The van der Waals surface area contributed by atoms with Crippen LogP contribution in [0.15, 0.2) is 53.4 Å². The molecule has 4 heteroatoms. The first-order valence-electron chi connectivity index (χ1n) is 5.76. The summed E-state index contributed by atoms with van der Waals surface area (Å²) in [6.45, 7) is 1.99. The number of benzene rings is 2. The van der Waals surface area contributed by atoms with Gasteiger partial charge in [-0.2, -0.15) is 4.72 Å². The maximum atomic E-state index is 12.0. The summed E-state index contributed by atoms with van der Waals surface area (Å²) >= 11 is 0. The van der Waals surface area contributed by atoms with Gasteiger partial charge in [0.2, 0.25) is 10.0 Å². The van der Waals surface area contributed by atoms with Gasteiger partial charge in [0.1, 0.15) is 0 Å². The molecular formula is C14H13NO2S. The van der Waals surface area contributed by atoms with Gasteiger partial charge in [-0.1, -0.05) is 42.5 Å². The zero-order chi connectivity index (χ0) is 12.8. The largest absolute Gasteiger partial charge is 0.241 e. The molecule has 0 bridgehead atoms. The molecule has 1 heterocycles. The van der Waals surface area contributed by atoms with Crippen LogP contribution in [0.5, 0.6) is 0 Å². The van der Waals surface area contributed by atoms with E-state index in [2.05, 4.69) is 4.72 Å². The third-order valence-electron chi connectivity index (χ3n) is 3.29. The minimum absolute atomic E-state index is 0.271. The molecule has 3 nitrogen and oxygen atoms in total. The van der Waals surface area contributed by atoms with Crippen molar-refractivity contribution in [2.24, 2.45) is 0 Å². The van der Waals surface area contributed by atoms with Crippen molar-refractivity contribution < 1.29 is 8.42 Å². The second-order valence-corrected chi connectivity index (χ2v) is 6.13. The molecule has 1 aliphatic heterocycles. The number of hydrogen-bond donors (Lipinski definition) is 1. The Morgan fingerprint density at radius 2 is 1.56 bits per heavy atom. The zero-order valence-electron chi connectivity index (χ0n) is 9.92. The number of sulfonamides is 1. The van der Waals surface area contributed by atoms with E-state index in [1.54, 1.807) is 12.1 Å². The van der Waals surface area contributed by atoms with Gasteiger partial charge in [0.25, 0.3) is 0 Å². The zero-order valence-corrected chi connectivity index (χ0v) is 10.7. The average molecular weight is 259 g/mol. The number of nitrogens with one attached hydrogen (secondary N) is 1. The van der Waals surface area contributed by atoms with Gasteiger partial charge >= 0.3 is 0 Å². The highest BCUT2D eigenvalue weighted by molar-refractivity contribution is 7.89. The Morgan fingerprint density at radius 3 is 2.28 bits per heavy atom. The highest BCUT2D eigenvalue weighted by Crippen LogP contribution is 2.35. The monoisotopic (exact) mass is 259 g/mol. The predicted molar refractivity (Wildman–Crippen MR) is 69.8 cm³/mol. The molecule has 0 spiro atoms. The van der Waals surface area contributed by atoms with Gasteiger partial charge in [-0.25, -0.2) is 8.42 Å². The fourth-order valence-corrected chi connectivity index (χ4v) is 3.83. The minimum atomic E-state index is -3.37. The molecule has 0 amide bonds. The molecule has 1 unspecified atom stereocenters. The van der Waals surface area contributed by atoms with E-state index < -0.39 is 10.0 Å². The van der Waals surface area contributed by atoms with Crippen molar-refractivity contribution in [2.45, 2.75) is 17.9 Å². The van der Waals surface area contributed by atoms with Crippen LogP contribution in [-0.4, -0.2) is 8.42 Å². The summed E-state index contributed by atoms with van der Waals surface area (Å²) in [4.78, 5) is 0.387. The van der Waals surface area contributed by atoms with Gasteiger partial charge in [0.15, 0.2) is 0 Å². The van der Waals surface area contributed by atoms with Crippen LogP contribution >= 0.6 is 0 Å². The maximum Gasteiger partial charge on any atom is 0.241 e. The molecule has 0 radical (unpaired) electrons. The van der Waals surface area contributed by atoms with Crippen molar-refractivity contribution in [1.29, 1.82) is 0 Å². The summed E-state index contributed by atoms with van der Waals surface area (Å²) in [6.07, 6.45) is 0. The SMILES string of the molecule is Cc1ccccc1C1NS(=O)(=O)c2ccccc21. The molecule has 0 saturated carbocycles. The first-order valence-corrected chi connectivity index (χ1v) is 7.25. The molecule has 3 rings (SSSR count). The smallest absolute Gasteiger partial charge is 0.207 e. The molecule has 1 aliphatic rings. The summed E-state index contributed by atoms with van der Waals surface area (Å²) in [5, 5.41) is 0. The van der Waals surface area contributed by atoms with Gasteiger partial charge < -0.3 is 0 Å². The molecule has 2 aromatic rings. The van der Waals surface area contributed by atoms with E-state index in [1.165, 1.54) is 0 Å². The highest BCUT2D eigenvalue weighted by atomic mass is 32.2. The Hall–Kier alpha value is -1.65. The van der Waals surface area contributed by atoms with E-state index in [9.17, 15) is 8.42 Å². The minimum Gasteiger partial charge on any atom is -0.207 e. The van der Waals surface area contributed by atoms with Crippen molar-refractivity contribution in [3.63, 3.8) is 0 Å². The lowest BCUT2D eigenvalue weighted by Gasteiger charge is -2.13. The van der Waals surface area contributed by atoms with E-state index in [4.69, 9.17) is 0 Å². The molecule has 0 saturated heterocycles. The van der Waals surface area contributed by atoms with Crippen molar-refractivity contribution in [2.75, 3.05) is 0 Å². The van der Waals surface area contributed by atoms with Crippen LogP contribution in [0.4, 0.5) is 0 Å². The molecule has 92 valence electrons. The van der Waals surface area contributed by atoms with E-state index in [1.807, 2.05) is 43.3 Å². The van der Waals surface area contributed by atoms with Crippen molar-refractivity contribution in [1.82, 2.24) is 4.72 Å². The lowest BCUT2D eigenvalue weighted by Crippen LogP contribution is -2.21. The molecular weight excluding hydrogens is 246 g/mol. The molecule has 2 aromatic carbocycles. The maximum absolute atomic E-state index is 12.0. The topological polar surface area (TPSA) is 46.2 Å². The van der Waals surface area contributed by atoms with Crippen molar-refractivity contribution >= 4 is 10.0 Å². The van der Waals surface area contributed by atoms with E-state index in [0.29, 0.717) is 4.90 Å². The summed E-state index contributed by atoms with van der Waals surface area (Å²) in [5.41, 5.74) is 2.92. The Kier molecular flexibility index (Phi) is 2.50. The van der Waals surface area contributed by atoms with Gasteiger partial charge in [-0.15, -0.1) is 0 Å². The molecule has 0 fully saturated rings. The quantitative estimate of drug-likeness (QED) is 0.854. The second-order valence-electron chi connectivity index (χ2n) is 4.45. The Balaban J connectivity index is 2.21. The summed E-state index contributed by atoms with van der Waals surface area (Å²) in [7, 11) is -3.37. The van der Waals surface area contributed by atoms with E-state index in [0.717, 1.165) is 16.7 Å². The predicted octanol–water partition coefficient (Wildman–Crippen LogP) is 2.38. The number of aryl methyl sites for hydroxylation is 1. The second kappa shape index (κ2) is 3.93. The number of rotatable bonds is 1. The van der Waals surface area contributed by atoms with Gasteiger partial charge in [0, 0.05) is 0 Å². The van der Waals surface area contributed by atoms with Crippen LogP contribution in [-0.2, 0) is 10.0 Å². The highest BCUT2D eigenvalue weighted by Gasteiger charge is 2.34. The number of fused-ring (bicyclic) bond motifs is 1.